The lowest BCUT2D eigenvalue weighted by molar-refractivity contribution is 0.0935. The molecule has 2 amide bonds. The average molecular weight is 475 g/mol. The van der Waals surface area contributed by atoms with Gasteiger partial charge in [0, 0.05) is 9.75 Å². The van der Waals surface area contributed by atoms with Gasteiger partial charge in [-0.25, -0.2) is 10.9 Å². The molecule has 0 saturated carbocycles. The highest BCUT2D eigenvalue weighted by Crippen LogP contribution is 2.44. The summed E-state index contributed by atoms with van der Waals surface area (Å²) < 4.78 is 11.3. The second-order valence-corrected chi connectivity index (χ2v) is 9.26. The molecule has 0 bridgehead atoms. The first kappa shape index (κ1) is 21.2. The van der Waals surface area contributed by atoms with Gasteiger partial charge in [0.05, 0.1) is 11.4 Å². The van der Waals surface area contributed by atoms with E-state index in [0.29, 0.717) is 11.4 Å². The van der Waals surface area contributed by atoms with Gasteiger partial charge in [-0.1, -0.05) is 12.1 Å². The summed E-state index contributed by atoms with van der Waals surface area (Å²) in [6.45, 7) is 4.20. The fraction of sp³-hybridized carbons (Fsp3) is 0.200. The average Bonchev–Trinajstić information content (AvgIpc) is 3.55. The third-order valence-corrected chi connectivity index (χ3v) is 7.32. The predicted octanol–water partition coefficient (Wildman–Crippen LogP) is 3.95. The number of hydrazone groups is 2. The van der Waals surface area contributed by atoms with Crippen LogP contribution in [0.25, 0.3) is 0 Å². The SMILES string of the molecule is C/C(=N\NC(=O)c1sc(C(=O)N/N=C(\C)c2cccs2)c2c1OCCO2)c1cccs1. The van der Waals surface area contributed by atoms with Crippen LogP contribution in [-0.2, 0) is 0 Å². The topological polar surface area (TPSA) is 101 Å². The highest BCUT2D eigenvalue weighted by molar-refractivity contribution is 7.16. The summed E-state index contributed by atoms with van der Waals surface area (Å²) in [4.78, 5) is 27.9. The van der Waals surface area contributed by atoms with E-state index in [1.807, 2.05) is 48.9 Å². The van der Waals surface area contributed by atoms with Gasteiger partial charge in [-0.15, -0.1) is 34.0 Å². The quantitative estimate of drug-likeness (QED) is 0.417. The van der Waals surface area contributed by atoms with Gasteiger partial charge >= 0.3 is 0 Å². The van der Waals surface area contributed by atoms with Crippen molar-refractivity contribution in [2.75, 3.05) is 13.2 Å². The summed E-state index contributed by atoms with van der Waals surface area (Å²) in [5, 5.41) is 12.2. The number of hydrogen-bond acceptors (Lipinski definition) is 9. The first-order valence-corrected chi connectivity index (χ1v) is 11.8. The van der Waals surface area contributed by atoms with Crippen molar-refractivity contribution < 1.29 is 19.1 Å². The van der Waals surface area contributed by atoms with Crippen LogP contribution >= 0.6 is 34.0 Å². The highest BCUT2D eigenvalue weighted by Gasteiger charge is 2.31. The normalized spacial score (nSPS) is 13.7. The molecule has 8 nitrogen and oxygen atoms in total. The summed E-state index contributed by atoms with van der Waals surface area (Å²) in [5.41, 5.74) is 6.43. The van der Waals surface area contributed by atoms with Crippen LogP contribution in [0.1, 0.15) is 42.9 Å². The van der Waals surface area contributed by atoms with E-state index < -0.39 is 11.8 Å². The molecule has 0 atom stereocenters. The van der Waals surface area contributed by atoms with Crippen molar-refractivity contribution in [3.05, 3.63) is 54.5 Å². The molecule has 4 rings (SSSR count). The third-order valence-electron chi connectivity index (χ3n) is 4.22. The molecule has 0 aromatic carbocycles. The number of fused-ring (bicyclic) bond motifs is 1. The Balaban J connectivity index is 1.54. The van der Waals surface area contributed by atoms with Crippen molar-refractivity contribution in [2.24, 2.45) is 10.2 Å². The van der Waals surface area contributed by atoms with Crippen LogP contribution in [0.15, 0.2) is 45.2 Å². The number of rotatable bonds is 6. The summed E-state index contributed by atoms with van der Waals surface area (Å²) in [6.07, 6.45) is 0. The minimum Gasteiger partial charge on any atom is -0.484 e. The van der Waals surface area contributed by atoms with Crippen molar-refractivity contribution in [1.82, 2.24) is 10.9 Å². The van der Waals surface area contributed by atoms with Crippen molar-refractivity contribution >= 4 is 57.2 Å². The Kier molecular flexibility index (Phi) is 6.44. The smallest absolute Gasteiger partial charge is 0.285 e. The zero-order valence-corrected chi connectivity index (χ0v) is 19.1. The molecule has 1 aliphatic heterocycles. The van der Waals surface area contributed by atoms with E-state index in [1.165, 1.54) is 22.7 Å². The molecule has 1 aliphatic rings. The minimum absolute atomic E-state index is 0.224. The molecular formula is C20H18N4O4S3. The lowest BCUT2D eigenvalue weighted by atomic mass is 10.3. The monoisotopic (exact) mass is 474 g/mol. The molecule has 0 radical (unpaired) electrons. The number of ether oxygens (including phenoxy) is 2. The van der Waals surface area contributed by atoms with Crippen LogP contribution < -0.4 is 20.3 Å². The molecule has 3 aromatic heterocycles. The Labute approximate surface area is 190 Å². The second-order valence-electron chi connectivity index (χ2n) is 6.35. The lowest BCUT2D eigenvalue weighted by Gasteiger charge is -2.16. The van der Waals surface area contributed by atoms with Crippen LogP contribution in [0.2, 0.25) is 0 Å². The molecule has 0 aliphatic carbocycles. The fourth-order valence-corrected chi connectivity index (χ4v) is 5.02. The zero-order valence-electron chi connectivity index (χ0n) is 16.6. The lowest BCUT2D eigenvalue weighted by Crippen LogP contribution is -2.22. The van der Waals surface area contributed by atoms with Crippen molar-refractivity contribution in [3.8, 4) is 11.5 Å². The molecule has 2 N–H and O–H groups in total. The van der Waals surface area contributed by atoms with E-state index in [4.69, 9.17) is 9.47 Å². The zero-order chi connectivity index (χ0) is 21.8. The first-order chi connectivity index (χ1) is 15.0. The molecule has 3 aromatic rings. The maximum Gasteiger partial charge on any atom is 0.285 e. The Morgan fingerprint density at radius 3 is 1.68 bits per heavy atom. The fourth-order valence-electron chi connectivity index (χ4n) is 2.70. The highest BCUT2D eigenvalue weighted by atomic mass is 32.1. The van der Waals surface area contributed by atoms with E-state index in [2.05, 4.69) is 21.1 Å². The minimum atomic E-state index is -0.472. The van der Waals surface area contributed by atoms with Crippen molar-refractivity contribution in [2.45, 2.75) is 13.8 Å². The van der Waals surface area contributed by atoms with E-state index in [9.17, 15) is 9.59 Å². The number of nitrogens with one attached hydrogen (secondary N) is 2. The summed E-state index contributed by atoms with van der Waals surface area (Å²) in [7, 11) is 0. The van der Waals surface area contributed by atoms with Gasteiger partial charge < -0.3 is 9.47 Å². The number of nitrogens with zero attached hydrogens (tertiary/aromatic N) is 2. The Morgan fingerprint density at radius 1 is 0.839 bits per heavy atom. The van der Waals surface area contributed by atoms with E-state index >= 15 is 0 Å². The van der Waals surface area contributed by atoms with Crippen LogP contribution in [0, 0.1) is 0 Å². The molecule has 11 heteroatoms. The number of amides is 2. The van der Waals surface area contributed by atoms with Crippen LogP contribution in [0.4, 0.5) is 0 Å². The number of thiophene rings is 3. The van der Waals surface area contributed by atoms with Crippen molar-refractivity contribution in [1.29, 1.82) is 0 Å². The van der Waals surface area contributed by atoms with Gasteiger partial charge in [-0.3, -0.25) is 9.59 Å². The van der Waals surface area contributed by atoms with Crippen LogP contribution in [-0.4, -0.2) is 36.5 Å². The van der Waals surface area contributed by atoms with E-state index in [1.54, 1.807) is 0 Å². The molecule has 0 spiro atoms. The maximum absolute atomic E-state index is 12.8. The summed E-state index contributed by atoms with van der Waals surface area (Å²) >= 11 is 4.04. The van der Waals surface area contributed by atoms with Gasteiger partial charge in [0.1, 0.15) is 23.0 Å². The Bertz CT molecular complexity index is 1060. The molecule has 160 valence electrons. The Hall–Kier alpha value is -3.02. The molecule has 31 heavy (non-hydrogen) atoms. The van der Waals surface area contributed by atoms with Gasteiger partial charge in [-0.05, 0) is 36.7 Å². The first-order valence-electron chi connectivity index (χ1n) is 9.24. The molecular weight excluding hydrogens is 456 g/mol. The van der Waals surface area contributed by atoms with Crippen LogP contribution in [0.5, 0.6) is 11.5 Å². The van der Waals surface area contributed by atoms with Crippen LogP contribution in [0.3, 0.4) is 0 Å². The number of hydrogen-bond donors (Lipinski definition) is 2. The van der Waals surface area contributed by atoms with Gasteiger partial charge in [-0.2, -0.15) is 10.2 Å². The second kappa shape index (κ2) is 9.41. The largest absolute Gasteiger partial charge is 0.484 e. The van der Waals surface area contributed by atoms with E-state index in [-0.39, 0.29) is 34.5 Å². The molecule has 0 saturated heterocycles. The molecule has 0 unspecified atom stereocenters. The summed E-state index contributed by atoms with van der Waals surface area (Å²) in [6, 6.07) is 7.66. The predicted molar refractivity (Wildman–Crippen MR) is 123 cm³/mol. The van der Waals surface area contributed by atoms with Gasteiger partial charge in [0.15, 0.2) is 11.5 Å². The standard InChI is InChI=1S/C20H18N4O4S3/c1-11(13-5-3-9-29-13)21-23-19(25)17-15-16(28-8-7-27-15)18(31-17)20(26)24-22-12(2)14-6-4-10-30-14/h3-6,9-10H,7-8H2,1-2H3,(H,23,25)(H,24,26)/b21-11+,22-12+. The molecule has 0 fully saturated rings. The number of carbonyl (C=O) groups is 2. The summed E-state index contributed by atoms with van der Waals surface area (Å²) in [5.74, 6) is -0.441. The maximum atomic E-state index is 12.8. The van der Waals surface area contributed by atoms with Gasteiger partial charge in [0.2, 0.25) is 0 Å². The van der Waals surface area contributed by atoms with Gasteiger partial charge in [0.25, 0.3) is 11.8 Å². The van der Waals surface area contributed by atoms with Crippen molar-refractivity contribution in [3.63, 3.8) is 0 Å². The van der Waals surface area contributed by atoms with E-state index in [0.717, 1.165) is 21.1 Å². The third kappa shape index (κ3) is 4.68. The number of carbonyl (C=O) groups excluding carboxylic acids is 2. The molecule has 4 heterocycles. The Morgan fingerprint density at radius 2 is 1.29 bits per heavy atom.